The summed E-state index contributed by atoms with van der Waals surface area (Å²) >= 11 is 0. The van der Waals surface area contributed by atoms with Gasteiger partial charge >= 0.3 is 0 Å². The lowest BCUT2D eigenvalue weighted by Crippen LogP contribution is -2.09. The van der Waals surface area contributed by atoms with Crippen LogP contribution in [0.15, 0.2) is 247 Å². The van der Waals surface area contributed by atoms with Crippen molar-refractivity contribution in [2.24, 2.45) is 0 Å². The highest BCUT2D eigenvalue weighted by Crippen LogP contribution is 2.41. The zero-order chi connectivity index (χ0) is 41.7. The number of benzene rings is 10. The Hall–Kier alpha value is -8.40. The van der Waals surface area contributed by atoms with Crippen molar-refractivity contribution >= 4 is 60.8 Å². The number of furan rings is 1. The van der Waals surface area contributed by atoms with E-state index in [1.165, 1.54) is 49.6 Å². The quantitative estimate of drug-likeness (QED) is 0.153. The van der Waals surface area contributed by atoms with Gasteiger partial charge in [0.2, 0.25) is 0 Å². The van der Waals surface area contributed by atoms with Crippen molar-refractivity contribution in [3.63, 3.8) is 0 Å². The Morgan fingerprint density at radius 3 is 1.16 bits per heavy atom. The number of anilines is 3. The third-order valence-electron chi connectivity index (χ3n) is 12.4. The summed E-state index contributed by atoms with van der Waals surface area (Å²) in [4.78, 5) is 2.33. The molecule has 12 aromatic rings. The Bertz CT molecular complexity index is 3490. The van der Waals surface area contributed by atoms with Crippen LogP contribution in [0.2, 0.25) is 0 Å². The molecule has 3 heteroatoms. The molecule has 3 nitrogen and oxygen atoms in total. The van der Waals surface area contributed by atoms with Crippen molar-refractivity contribution in [2.75, 3.05) is 4.90 Å². The molecule has 12 rings (SSSR count). The molecule has 0 aliphatic heterocycles. The third kappa shape index (κ3) is 6.55. The van der Waals surface area contributed by atoms with E-state index in [2.05, 4.69) is 252 Å². The van der Waals surface area contributed by atoms with E-state index in [1.807, 2.05) is 0 Å². The van der Waals surface area contributed by atoms with Crippen LogP contribution in [0.1, 0.15) is 0 Å². The second-order valence-corrected chi connectivity index (χ2v) is 16.2. The van der Waals surface area contributed by atoms with Crippen LogP contribution in [-0.4, -0.2) is 4.57 Å². The fourth-order valence-corrected chi connectivity index (χ4v) is 9.26. The normalized spacial score (nSPS) is 11.5. The molecule has 0 aliphatic carbocycles. The summed E-state index contributed by atoms with van der Waals surface area (Å²) in [5, 5.41) is 4.70. The fraction of sp³-hybridized carbons (Fsp3) is 0. The molecule has 0 saturated heterocycles. The van der Waals surface area contributed by atoms with Gasteiger partial charge in [0.1, 0.15) is 11.2 Å². The van der Waals surface area contributed by atoms with Crippen molar-refractivity contribution in [3.05, 3.63) is 243 Å². The molecule has 0 amide bonds. The molecule has 296 valence electrons. The smallest absolute Gasteiger partial charge is 0.135 e. The summed E-state index contributed by atoms with van der Waals surface area (Å²) in [7, 11) is 0. The summed E-state index contributed by atoms with van der Waals surface area (Å²) in [6, 6.07) is 87.0. The van der Waals surface area contributed by atoms with Crippen LogP contribution >= 0.6 is 0 Å². The van der Waals surface area contributed by atoms with Gasteiger partial charge in [0, 0.05) is 44.3 Å². The Balaban J connectivity index is 0.895. The Morgan fingerprint density at radius 1 is 0.270 bits per heavy atom. The highest BCUT2D eigenvalue weighted by molar-refractivity contribution is 6.11. The molecule has 63 heavy (non-hydrogen) atoms. The van der Waals surface area contributed by atoms with E-state index in [0.29, 0.717) is 0 Å². The molecular weight excluding hydrogens is 765 g/mol. The van der Waals surface area contributed by atoms with Crippen LogP contribution in [0.4, 0.5) is 17.1 Å². The molecule has 2 aromatic heterocycles. The van der Waals surface area contributed by atoms with Crippen LogP contribution in [0.5, 0.6) is 0 Å². The fourth-order valence-electron chi connectivity index (χ4n) is 9.26. The number of fused-ring (bicyclic) bond motifs is 6. The van der Waals surface area contributed by atoms with E-state index in [1.54, 1.807) is 0 Å². The van der Waals surface area contributed by atoms with E-state index < -0.39 is 0 Å². The highest BCUT2D eigenvalue weighted by atomic mass is 16.3. The summed E-state index contributed by atoms with van der Waals surface area (Å²) in [6.07, 6.45) is 0. The van der Waals surface area contributed by atoms with Gasteiger partial charge in [-0.05, 0) is 136 Å². The van der Waals surface area contributed by atoms with Gasteiger partial charge < -0.3 is 13.9 Å². The minimum atomic E-state index is 0.882. The molecule has 0 bridgehead atoms. The SMILES string of the molecule is c1ccc(-c2ccc(N(c3ccc(-c4ccccc4)cc3)c3ccc(-c4ccc5oc6ccc(-c7ccc8c(c7)c7ccccc7n8-c7ccccc7)cc6c5c4)cc3)cc2)cc1. The highest BCUT2D eigenvalue weighted by Gasteiger charge is 2.17. The summed E-state index contributed by atoms with van der Waals surface area (Å²) in [5.41, 5.74) is 18.0. The van der Waals surface area contributed by atoms with Crippen molar-refractivity contribution in [3.8, 4) is 50.2 Å². The van der Waals surface area contributed by atoms with Gasteiger partial charge in [-0.1, -0.05) is 152 Å². The Labute approximate surface area is 366 Å². The molecule has 10 aromatic carbocycles. The van der Waals surface area contributed by atoms with E-state index >= 15 is 0 Å². The second-order valence-electron chi connectivity index (χ2n) is 16.2. The number of aromatic nitrogens is 1. The third-order valence-corrected chi connectivity index (χ3v) is 12.4. The number of hydrogen-bond acceptors (Lipinski definition) is 2. The first-order chi connectivity index (χ1) is 31.2. The second kappa shape index (κ2) is 15.3. The van der Waals surface area contributed by atoms with Crippen molar-refractivity contribution < 1.29 is 4.42 Å². The van der Waals surface area contributed by atoms with Gasteiger partial charge in [0.15, 0.2) is 0 Å². The van der Waals surface area contributed by atoms with Gasteiger partial charge in [-0.25, -0.2) is 0 Å². The van der Waals surface area contributed by atoms with Crippen LogP contribution in [0.25, 0.3) is 93.9 Å². The van der Waals surface area contributed by atoms with Gasteiger partial charge in [-0.3, -0.25) is 0 Å². The zero-order valence-corrected chi connectivity index (χ0v) is 34.4. The molecule has 0 radical (unpaired) electrons. The van der Waals surface area contributed by atoms with Crippen LogP contribution < -0.4 is 4.90 Å². The summed E-state index contributed by atoms with van der Waals surface area (Å²) in [6.45, 7) is 0. The molecular formula is C60H40N2O. The molecule has 0 unspecified atom stereocenters. The monoisotopic (exact) mass is 804 g/mol. The van der Waals surface area contributed by atoms with E-state index in [-0.39, 0.29) is 0 Å². The minimum Gasteiger partial charge on any atom is -0.456 e. The minimum absolute atomic E-state index is 0.882. The van der Waals surface area contributed by atoms with Gasteiger partial charge in [-0.2, -0.15) is 0 Å². The van der Waals surface area contributed by atoms with Gasteiger partial charge in [0.25, 0.3) is 0 Å². The molecule has 0 fully saturated rings. The van der Waals surface area contributed by atoms with Crippen LogP contribution in [0, 0.1) is 0 Å². The predicted octanol–water partition coefficient (Wildman–Crippen LogP) is 16.8. The van der Waals surface area contributed by atoms with Gasteiger partial charge in [0.05, 0.1) is 11.0 Å². The molecule has 0 atom stereocenters. The lowest BCUT2D eigenvalue weighted by molar-refractivity contribution is 0.669. The van der Waals surface area contributed by atoms with E-state index in [4.69, 9.17) is 4.42 Å². The maximum atomic E-state index is 6.43. The van der Waals surface area contributed by atoms with E-state index in [0.717, 1.165) is 61.4 Å². The Kier molecular flexibility index (Phi) is 8.83. The molecule has 0 N–H and O–H groups in total. The maximum absolute atomic E-state index is 6.43. The first-order valence-electron chi connectivity index (χ1n) is 21.5. The number of hydrogen-bond donors (Lipinski definition) is 0. The average Bonchev–Trinajstić information content (AvgIpc) is 3.90. The average molecular weight is 805 g/mol. The lowest BCUT2D eigenvalue weighted by atomic mass is 9.99. The van der Waals surface area contributed by atoms with Crippen molar-refractivity contribution in [1.82, 2.24) is 4.57 Å². The standard InChI is InChI=1S/C60H40N2O/c1-4-12-41(13-5-1)43-20-29-50(30-21-43)61(51-31-22-44(23-32-51)42-14-6-2-7-15-42)52-33-24-45(25-34-52)46-27-36-59-55(39-46)56-40-48(28-37-60(56)63-59)47-26-35-58-54(38-47)53-18-10-11-19-57(53)62(58)49-16-8-3-9-17-49/h1-40H. The Morgan fingerprint density at radius 2 is 0.635 bits per heavy atom. The van der Waals surface area contributed by atoms with Crippen LogP contribution in [-0.2, 0) is 0 Å². The molecule has 0 saturated carbocycles. The van der Waals surface area contributed by atoms with Crippen LogP contribution in [0.3, 0.4) is 0 Å². The largest absolute Gasteiger partial charge is 0.456 e. The number of rotatable bonds is 8. The first kappa shape index (κ1) is 36.5. The van der Waals surface area contributed by atoms with Crippen molar-refractivity contribution in [2.45, 2.75) is 0 Å². The number of para-hydroxylation sites is 2. The number of nitrogens with zero attached hydrogens (tertiary/aromatic N) is 2. The molecule has 0 spiro atoms. The maximum Gasteiger partial charge on any atom is 0.135 e. The predicted molar refractivity (Wildman–Crippen MR) is 264 cm³/mol. The van der Waals surface area contributed by atoms with E-state index in [9.17, 15) is 0 Å². The molecule has 0 aliphatic rings. The summed E-state index contributed by atoms with van der Waals surface area (Å²) in [5.74, 6) is 0. The summed E-state index contributed by atoms with van der Waals surface area (Å²) < 4.78 is 8.79. The lowest BCUT2D eigenvalue weighted by Gasteiger charge is -2.26. The van der Waals surface area contributed by atoms with Crippen molar-refractivity contribution in [1.29, 1.82) is 0 Å². The topological polar surface area (TPSA) is 21.3 Å². The first-order valence-corrected chi connectivity index (χ1v) is 21.5. The molecule has 2 heterocycles. The van der Waals surface area contributed by atoms with Gasteiger partial charge in [-0.15, -0.1) is 0 Å². The zero-order valence-electron chi connectivity index (χ0n) is 34.4.